The second-order valence-electron chi connectivity index (χ2n) is 4.85. The van der Waals surface area contributed by atoms with Crippen LogP contribution >= 0.6 is 0 Å². The van der Waals surface area contributed by atoms with E-state index in [1.54, 1.807) is 22.5 Å². The summed E-state index contributed by atoms with van der Waals surface area (Å²) in [4.78, 5) is 0.301. The standard InChI is InChI=1S/C14H22N2O3S/c1-3-16(12-5-6-12)20(17,18)13-7-8-14(19-4-2)11(9-13)10-15/h7-9,12H,3-6,10,15H2,1-2H3. The van der Waals surface area contributed by atoms with Gasteiger partial charge in [-0.25, -0.2) is 8.42 Å². The average Bonchev–Trinajstić information content (AvgIpc) is 3.24. The van der Waals surface area contributed by atoms with Gasteiger partial charge in [0.25, 0.3) is 0 Å². The topological polar surface area (TPSA) is 72.6 Å². The van der Waals surface area contributed by atoms with Crippen LogP contribution < -0.4 is 10.5 Å². The molecule has 0 aliphatic heterocycles. The molecule has 1 saturated carbocycles. The molecule has 0 heterocycles. The van der Waals surface area contributed by atoms with E-state index in [0.29, 0.717) is 23.8 Å². The first-order valence-corrected chi connectivity index (χ1v) is 8.46. The molecule has 1 aliphatic carbocycles. The first-order valence-electron chi connectivity index (χ1n) is 7.02. The third kappa shape index (κ3) is 2.97. The smallest absolute Gasteiger partial charge is 0.243 e. The fourth-order valence-corrected chi connectivity index (χ4v) is 4.04. The Balaban J connectivity index is 2.36. The minimum Gasteiger partial charge on any atom is -0.494 e. The van der Waals surface area contributed by atoms with Crippen molar-refractivity contribution in [2.75, 3.05) is 13.2 Å². The van der Waals surface area contributed by atoms with Gasteiger partial charge >= 0.3 is 0 Å². The van der Waals surface area contributed by atoms with E-state index in [-0.39, 0.29) is 12.6 Å². The van der Waals surface area contributed by atoms with Crippen molar-refractivity contribution < 1.29 is 13.2 Å². The summed E-state index contributed by atoms with van der Waals surface area (Å²) in [7, 11) is -3.43. The van der Waals surface area contributed by atoms with Crippen molar-refractivity contribution in [1.29, 1.82) is 0 Å². The highest BCUT2D eigenvalue weighted by atomic mass is 32.2. The maximum atomic E-state index is 12.6. The van der Waals surface area contributed by atoms with Gasteiger partial charge in [0.1, 0.15) is 5.75 Å². The monoisotopic (exact) mass is 298 g/mol. The summed E-state index contributed by atoms with van der Waals surface area (Å²) in [5, 5.41) is 0. The molecule has 0 unspecified atom stereocenters. The van der Waals surface area contributed by atoms with Crippen LogP contribution in [0, 0.1) is 0 Å². The Hall–Kier alpha value is -1.11. The van der Waals surface area contributed by atoms with Gasteiger partial charge in [0.05, 0.1) is 11.5 Å². The van der Waals surface area contributed by atoms with Gasteiger partial charge in [-0.3, -0.25) is 0 Å². The first-order chi connectivity index (χ1) is 9.54. The SMILES string of the molecule is CCOc1ccc(S(=O)(=O)N(CC)C2CC2)cc1CN. The number of hydrogen-bond donors (Lipinski definition) is 1. The average molecular weight is 298 g/mol. The van der Waals surface area contributed by atoms with Crippen LogP contribution in [0.5, 0.6) is 5.75 Å². The Kier molecular flexibility index (Phi) is 4.67. The van der Waals surface area contributed by atoms with Gasteiger partial charge < -0.3 is 10.5 Å². The summed E-state index contributed by atoms with van der Waals surface area (Å²) >= 11 is 0. The van der Waals surface area contributed by atoms with Crippen molar-refractivity contribution in [2.45, 2.75) is 44.2 Å². The van der Waals surface area contributed by atoms with Gasteiger partial charge in [0.2, 0.25) is 10.0 Å². The van der Waals surface area contributed by atoms with E-state index in [2.05, 4.69) is 0 Å². The van der Waals surface area contributed by atoms with Crippen molar-refractivity contribution in [3.63, 3.8) is 0 Å². The summed E-state index contributed by atoms with van der Waals surface area (Å²) in [6.07, 6.45) is 1.90. The van der Waals surface area contributed by atoms with E-state index in [1.165, 1.54) is 0 Å². The van der Waals surface area contributed by atoms with Gasteiger partial charge in [-0.1, -0.05) is 6.92 Å². The highest BCUT2D eigenvalue weighted by molar-refractivity contribution is 7.89. The Labute approximate surface area is 120 Å². The Morgan fingerprint density at radius 2 is 2.05 bits per heavy atom. The third-order valence-corrected chi connectivity index (χ3v) is 5.45. The number of nitrogens with zero attached hydrogens (tertiary/aromatic N) is 1. The summed E-state index contributed by atoms with van der Waals surface area (Å²) in [5.74, 6) is 0.656. The van der Waals surface area contributed by atoms with Crippen LogP contribution in [-0.4, -0.2) is 31.9 Å². The molecule has 0 aromatic heterocycles. The molecule has 2 rings (SSSR count). The number of benzene rings is 1. The van der Waals surface area contributed by atoms with Crippen LogP contribution in [0.2, 0.25) is 0 Å². The lowest BCUT2D eigenvalue weighted by molar-refractivity contribution is 0.336. The molecule has 1 aromatic rings. The first kappa shape index (κ1) is 15.3. The zero-order chi connectivity index (χ0) is 14.8. The summed E-state index contributed by atoms with van der Waals surface area (Å²) < 4.78 is 32.3. The maximum Gasteiger partial charge on any atom is 0.243 e. The van der Waals surface area contributed by atoms with Crippen molar-refractivity contribution in [2.24, 2.45) is 5.73 Å². The van der Waals surface area contributed by atoms with E-state index in [0.717, 1.165) is 18.4 Å². The van der Waals surface area contributed by atoms with E-state index in [9.17, 15) is 8.42 Å². The molecule has 0 bridgehead atoms. The quantitative estimate of drug-likeness (QED) is 0.832. The Morgan fingerprint density at radius 1 is 1.35 bits per heavy atom. The van der Waals surface area contributed by atoms with E-state index in [1.807, 2.05) is 13.8 Å². The second kappa shape index (κ2) is 6.11. The van der Waals surface area contributed by atoms with Crippen LogP contribution in [0.25, 0.3) is 0 Å². The van der Waals surface area contributed by atoms with Crippen molar-refractivity contribution in [1.82, 2.24) is 4.31 Å². The van der Waals surface area contributed by atoms with Gasteiger partial charge in [0, 0.05) is 24.7 Å². The fraction of sp³-hybridized carbons (Fsp3) is 0.571. The van der Waals surface area contributed by atoms with Crippen LogP contribution in [0.1, 0.15) is 32.3 Å². The van der Waals surface area contributed by atoms with Crippen molar-refractivity contribution >= 4 is 10.0 Å². The number of hydrogen-bond acceptors (Lipinski definition) is 4. The normalized spacial score (nSPS) is 15.6. The van der Waals surface area contributed by atoms with Crippen molar-refractivity contribution in [3.8, 4) is 5.75 Å². The third-order valence-electron chi connectivity index (χ3n) is 3.42. The predicted octanol–water partition coefficient (Wildman–Crippen LogP) is 1.72. The van der Waals surface area contributed by atoms with Gasteiger partial charge in [0.15, 0.2) is 0 Å². The minimum absolute atomic E-state index is 0.165. The van der Waals surface area contributed by atoms with E-state index in [4.69, 9.17) is 10.5 Å². The summed E-state index contributed by atoms with van der Waals surface area (Å²) in [6.45, 7) is 5.04. The van der Waals surface area contributed by atoms with Crippen molar-refractivity contribution in [3.05, 3.63) is 23.8 Å². The minimum atomic E-state index is -3.43. The number of nitrogens with two attached hydrogens (primary N) is 1. The second-order valence-corrected chi connectivity index (χ2v) is 6.74. The molecule has 5 nitrogen and oxygen atoms in total. The maximum absolute atomic E-state index is 12.6. The van der Waals surface area contributed by atoms with Crippen LogP contribution in [0.3, 0.4) is 0 Å². The highest BCUT2D eigenvalue weighted by Crippen LogP contribution is 2.33. The molecule has 0 amide bonds. The van der Waals surface area contributed by atoms with E-state index >= 15 is 0 Å². The molecule has 0 atom stereocenters. The Morgan fingerprint density at radius 3 is 2.55 bits per heavy atom. The number of ether oxygens (including phenoxy) is 1. The molecular formula is C14H22N2O3S. The molecule has 112 valence electrons. The molecule has 0 saturated heterocycles. The highest BCUT2D eigenvalue weighted by Gasteiger charge is 2.37. The van der Waals surface area contributed by atoms with Gasteiger partial charge in [-0.2, -0.15) is 4.31 Å². The van der Waals surface area contributed by atoms with Crippen LogP contribution in [0.4, 0.5) is 0 Å². The predicted molar refractivity (Wildman–Crippen MR) is 78.1 cm³/mol. The molecular weight excluding hydrogens is 276 g/mol. The fourth-order valence-electron chi connectivity index (χ4n) is 2.29. The lowest BCUT2D eigenvalue weighted by atomic mass is 10.2. The lowest BCUT2D eigenvalue weighted by Crippen LogP contribution is -2.33. The zero-order valence-corrected chi connectivity index (χ0v) is 12.8. The summed E-state index contributed by atoms with van der Waals surface area (Å²) in [5.41, 5.74) is 6.41. The molecule has 6 heteroatoms. The Bertz CT molecular complexity index is 568. The molecule has 0 radical (unpaired) electrons. The van der Waals surface area contributed by atoms with Crippen LogP contribution in [-0.2, 0) is 16.6 Å². The lowest BCUT2D eigenvalue weighted by Gasteiger charge is -2.20. The van der Waals surface area contributed by atoms with Crippen LogP contribution in [0.15, 0.2) is 23.1 Å². The van der Waals surface area contributed by atoms with E-state index < -0.39 is 10.0 Å². The zero-order valence-electron chi connectivity index (χ0n) is 12.0. The van der Waals surface area contributed by atoms with Gasteiger partial charge in [-0.05, 0) is 38.0 Å². The van der Waals surface area contributed by atoms with Gasteiger partial charge in [-0.15, -0.1) is 0 Å². The molecule has 2 N–H and O–H groups in total. The number of rotatable bonds is 7. The largest absolute Gasteiger partial charge is 0.494 e. The summed E-state index contributed by atoms with van der Waals surface area (Å²) in [6, 6.07) is 5.09. The molecule has 1 aromatic carbocycles. The molecule has 20 heavy (non-hydrogen) atoms. The molecule has 0 spiro atoms. The molecule has 1 fully saturated rings. The number of sulfonamides is 1. The molecule has 1 aliphatic rings.